The molecule has 9 heteroatoms. The third-order valence-electron chi connectivity index (χ3n) is 5.88. The second kappa shape index (κ2) is 9.46. The number of benzene rings is 2. The van der Waals surface area contributed by atoms with E-state index in [4.69, 9.17) is 9.47 Å². The van der Waals surface area contributed by atoms with E-state index in [9.17, 15) is 17.6 Å². The molecule has 172 valence electrons. The molecule has 0 N–H and O–H groups in total. The van der Waals surface area contributed by atoms with Crippen molar-refractivity contribution in [2.45, 2.75) is 31.1 Å². The average Bonchev–Trinajstić information content (AvgIpc) is 3.05. The summed E-state index contributed by atoms with van der Waals surface area (Å²) in [7, 11) is -3.71. The molecule has 0 radical (unpaired) electrons. The predicted octanol–water partition coefficient (Wildman–Crippen LogP) is 3.44. The normalized spacial score (nSPS) is 17.6. The summed E-state index contributed by atoms with van der Waals surface area (Å²) in [5.74, 6) is 0.283. The maximum absolute atomic E-state index is 13.2. The first-order chi connectivity index (χ1) is 15.4. The van der Waals surface area contributed by atoms with Crippen LogP contribution in [0.4, 0.5) is 10.1 Å². The number of rotatable bonds is 5. The van der Waals surface area contributed by atoms with Crippen molar-refractivity contribution >= 4 is 21.6 Å². The highest BCUT2D eigenvalue weighted by molar-refractivity contribution is 7.89. The Balaban J connectivity index is 1.44. The van der Waals surface area contributed by atoms with Gasteiger partial charge in [0.2, 0.25) is 15.9 Å². The van der Waals surface area contributed by atoms with Gasteiger partial charge in [-0.25, -0.2) is 12.8 Å². The number of halogens is 1. The summed E-state index contributed by atoms with van der Waals surface area (Å²) in [6.07, 6.45) is 1.60. The number of fused-ring (bicyclic) bond motifs is 1. The summed E-state index contributed by atoms with van der Waals surface area (Å²) in [5, 5.41) is 0. The van der Waals surface area contributed by atoms with Gasteiger partial charge in [-0.1, -0.05) is 0 Å². The van der Waals surface area contributed by atoms with Gasteiger partial charge in [0.05, 0.1) is 18.1 Å². The molecule has 0 bridgehead atoms. The number of carbonyl (C=O) groups is 1. The molecule has 2 aromatic rings. The number of ether oxygens (including phenoxy) is 2. The maximum atomic E-state index is 13.2. The smallest absolute Gasteiger partial charge is 0.243 e. The summed E-state index contributed by atoms with van der Waals surface area (Å²) in [6, 6.07) is 10.5. The number of piperidine rings is 1. The number of carbonyl (C=O) groups excluding carboxylic acids is 1. The van der Waals surface area contributed by atoms with Crippen LogP contribution in [0.5, 0.6) is 11.5 Å². The second-order valence-corrected chi connectivity index (χ2v) is 9.83. The van der Waals surface area contributed by atoms with Gasteiger partial charge >= 0.3 is 0 Å². The van der Waals surface area contributed by atoms with Crippen molar-refractivity contribution in [2.24, 2.45) is 5.92 Å². The van der Waals surface area contributed by atoms with Crippen molar-refractivity contribution in [2.75, 3.05) is 37.7 Å². The van der Waals surface area contributed by atoms with Crippen molar-refractivity contribution in [1.82, 2.24) is 4.31 Å². The Bertz CT molecular complexity index is 1070. The molecule has 0 atom stereocenters. The molecule has 0 unspecified atom stereocenters. The molecule has 32 heavy (non-hydrogen) atoms. The number of amides is 1. The fourth-order valence-electron chi connectivity index (χ4n) is 4.10. The monoisotopic (exact) mass is 462 g/mol. The number of nitrogens with zero attached hydrogens (tertiary/aromatic N) is 2. The largest absolute Gasteiger partial charge is 0.490 e. The Hall–Kier alpha value is -2.65. The first-order valence-corrected chi connectivity index (χ1v) is 12.3. The number of sulfonamides is 1. The standard InChI is InChI=1S/C23H27FN2O5S/c1-2-26(19-6-4-18(24)5-7-19)23(27)17-10-12-25(13-11-17)32(28,29)20-8-9-21-22(16-20)31-15-3-14-30-21/h4-9,16-17H,2-3,10-15H2,1H3. The van der Waals surface area contributed by atoms with Gasteiger partial charge in [0, 0.05) is 43.7 Å². The molecule has 2 aliphatic rings. The minimum Gasteiger partial charge on any atom is -0.490 e. The van der Waals surface area contributed by atoms with Gasteiger partial charge in [-0.15, -0.1) is 0 Å². The van der Waals surface area contributed by atoms with Crippen LogP contribution in [0.25, 0.3) is 0 Å². The van der Waals surface area contributed by atoms with E-state index in [1.807, 2.05) is 6.92 Å². The van der Waals surface area contributed by atoms with E-state index < -0.39 is 10.0 Å². The zero-order valence-corrected chi connectivity index (χ0v) is 18.8. The van der Waals surface area contributed by atoms with Crippen LogP contribution in [0.3, 0.4) is 0 Å². The number of hydrogen-bond acceptors (Lipinski definition) is 5. The van der Waals surface area contributed by atoms with Gasteiger partial charge in [-0.05, 0) is 56.2 Å². The fraction of sp³-hybridized carbons (Fsp3) is 0.435. The molecule has 2 heterocycles. The van der Waals surface area contributed by atoms with Crippen LogP contribution in [0.2, 0.25) is 0 Å². The van der Waals surface area contributed by atoms with Crippen LogP contribution in [0.15, 0.2) is 47.4 Å². The summed E-state index contributed by atoms with van der Waals surface area (Å²) in [5.41, 5.74) is 0.640. The van der Waals surface area contributed by atoms with Gasteiger partial charge in [0.25, 0.3) is 0 Å². The van der Waals surface area contributed by atoms with Crippen molar-refractivity contribution in [1.29, 1.82) is 0 Å². The highest BCUT2D eigenvalue weighted by Crippen LogP contribution is 2.34. The van der Waals surface area contributed by atoms with E-state index >= 15 is 0 Å². The van der Waals surface area contributed by atoms with Gasteiger partial charge in [0.15, 0.2) is 11.5 Å². The Morgan fingerprint density at radius 3 is 2.38 bits per heavy atom. The molecule has 2 aliphatic heterocycles. The molecule has 1 saturated heterocycles. The van der Waals surface area contributed by atoms with Crippen molar-refractivity contribution in [3.8, 4) is 11.5 Å². The second-order valence-electron chi connectivity index (χ2n) is 7.90. The number of hydrogen-bond donors (Lipinski definition) is 0. The van der Waals surface area contributed by atoms with Crippen LogP contribution in [0.1, 0.15) is 26.2 Å². The Kier molecular flexibility index (Phi) is 6.66. The molecule has 1 fully saturated rings. The van der Waals surface area contributed by atoms with E-state index in [-0.39, 0.29) is 35.6 Å². The third-order valence-corrected chi connectivity index (χ3v) is 7.78. The van der Waals surface area contributed by atoms with Crippen LogP contribution in [-0.2, 0) is 14.8 Å². The Labute approximate surface area is 187 Å². The summed E-state index contributed by atoms with van der Waals surface area (Å²) < 4.78 is 52.2. The minimum atomic E-state index is -3.71. The topological polar surface area (TPSA) is 76.2 Å². The Morgan fingerprint density at radius 1 is 1.06 bits per heavy atom. The lowest BCUT2D eigenvalue weighted by Gasteiger charge is -2.33. The number of anilines is 1. The van der Waals surface area contributed by atoms with Crippen LogP contribution in [-0.4, -0.2) is 51.5 Å². The van der Waals surface area contributed by atoms with Crippen LogP contribution < -0.4 is 14.4 Å². The van der Waals surface area contributed by atoms with E-state index in [0.717, 1.165) is 6.42 Å². The molecular formula is C23H27FN2O5S. The molecule has 0 aliphatic carbocycles. The van der Waals surface area contributed by atoms with E-state index in [0.29, 0.717) is 49.8 Å². The molecule has 4 rings (SSSR count). The van der Waals surface area contributed by atoms with E-state index in [2.05, 4.69) is 0 Å². The maximum Gasteiger partial charge on any atom is 0.243 e. The molecule has 2 aromatic carbocycles. The first kappa shape index (κ1) is 22.5. The predicted molar refractivity (Wildman–Crippen MR) is 118 cm³/mol. The van der Waals surface area contributed by atoms with Crippen molar-refractivity contribution in [3.63, 3.8) is 0 Å². The van der Waals surface area contributed by atoms with Gasteiger partial charge in [0.1, 0.15) is 5.82 Å². The molecule has 0 saturated carbocycles. The lowest BCUT2D eigenvalue weighted by Crippen LogP contribution is -2.44. The fourth-order valence-corrected chi connectivity index (χ4v) is 5.59. The average molecular weight is 463 g/mol. The van der Waals surface area contributed by atoms with E-state index in [1.165, 1.54) is 28.6 Å². The zero-order valence-electron chi connectivity index (χ0n) is 18.0. The Morgan fingerprint density at radius 2 is 1.72 bits per heavy atom. The third kappa shape index (κ3) is 4.59. The SMILES string of the molecule is CCN(C(=O)C1CCN(S(=O)(=O)c2ccc3c(c2)OCCCO3)CC1)c1ccc(F)cc1. The minimum absolute atomic E-state index is 0.0632. The van der Waals surface area contributed by atoms with Gasteiger partial charge in [-0.3, -0.25) is 4.79 Å². The van der Waals surface area contributed by atoms with E-state index in [1.54, 1.807) is 23.1 Å². The van der Waals surface area contributed by atoms with Crippen LogP contribution in [0, 0.1) is 11.7 Å². The van der Waals surface area contributed by atoms with Crippen molar-refractivity contribution in [3.05, 3.63) is 48.3 Å². The van der Waals surface area contributed by atoms with Gasteiger partial charge < -0.3 is 14.4 Å². The molecular weight excluding hydrogens is 435 g/mol. The molecule has 7 nitrogen and oxygen atoms in total. The molecule has 0 spiro atoms. The highest BCUT2D eigenvalue weighted by Gasteiger charge is 2.34. The molecule has 0 aromatic heterocycles. The lowest BCUT2D eigenvalue weighted by molar-refractivity contribution is -0.123. The van der Waals surface area contributed by atoms with Crippen LogP contribution >= 0.6 is 0 Å². The van der Waals surface area contributed by atoms with Gasteiger partial charge in [-0.2, -0.15) is 4.31 Å². The quantitative estimate of drug-likeness (QED) is 0.681. The summed E-state index contributed by atoms with van der Waals surface area (Å²) in [4.78, 5) is 14.9. The van der Waals surface area contributed by atoms with Crippen molar-refractivity contribution < 1.29 is 27.1 Å². The highest BCUT2D eigenvalue weighted by atomic mass is 32.2. The lowest BCUT2D eigenvalue weighted by atomic mass is 9.96. The molecule has 1 amide bonds. The zero-order chi connectivity index (χ0) is 22.7. The summed E-state index contributed by atoms with van der Waals surface area (Å²) >= 11 is 0. The first-order valence-electron chi connectivity index (χ1n) is 10.9. The summed E-state index contributed by atoms with van der Waals surface area (Å²) in [6.45, 7) is 3.85.